The molecule has 4 nitrogen and oxygen atoms in total. The number of aliphatic hydroxyl groups excluding tert-OH is 2. The highest BCUT2D eigenvalue weighted by molar-refractivity contribution is 5.21. The van der Waals surface area contributed by atoms with Crippen LogP contribution in [0.2, 0.25) is 0 Å². The number of rotatable bonds is 6. The van der Waals surface area contributed by atoms with Gasteiger partial charge in [0.2, 0.25) is 0 Å². The molecule has 4 heteroatoms. The molecule has 2 rings (SSSR count). The van der Waals surface area contributed by atoms with Crippen LogP contribution in [-0.2, 0) is 0 Å². The Labute approximate surface area is 115 Å². The van der Waals surface area contributed by atoms with Gasteiger partial charge in [-0.15, -0.1) is 0 Å². The molecule has 1 fully saturated rings. The van der Waals surface area contributed by atoms with Crippen LogP contribution in [0.5, 0.6) is 0 Å². The lowest BCUT2D eigenvalue weighted by Crippen LogP contribution is -2.49. The molecule has 1 aliphatic rings. The Morgan fingerprint density at radius 1 is 1.11 bits per heavy atom. The first-order valence-corrected chi connectivity index (χ1v) is 7.06. The first-order chi connectivity index (χ1) is 9.33. The topological polar surface area (TPSA) is 55.7 Å². The number of nitrogens with one attached hydrogen (secondary N) is 1. The molecule has 0 saturated carbocycles. The molecule has 0 amide bonds. The number of likely N-dealkylation sites (tertiary alicyclic amines) is 1. The number of benzene rings is 1. The maximum atomic E-state index is 9.14. The molecule has 1 aromatic rings. The van der Waals surface area contributed by atoms with Gasteiger partial charge in [0.15, 0.2) is 0 Å². The zero-order valence-electron chi connectivity index (χ0n) is 11.3. The smallest absolute Gasteiger partial charge is 0.0558 e. The third-order valence-corrected chi connectivity index (χ3v) is 3.76. The predicted molar refractivity (Wildman–Crippen MR) is 76.2 cm³/mol. The van der Waals surface area contributed by atoms with Crippen LogP contribution in [0.1, 0.15) is 17.9 Å². The van der Waals surface area contributed by atoms with E-state index in [0.717, 1.165) is 26.1 Å². The molecule has 0 aliphatic carbocycles. The van der Waals surface area contributed by atoms with Gasteiger partial charge in [0.1, 0.15) is 0 Å². The number of hydrogen-bond acceptors (Lipinski definition) is 4. The molecular formula is C15H24N2O2. The largest absolute Gasteiger partial charge is 0.395 e. The summed E-state index contributed by atoms with van der Waals surface area (Å²) >= 11 is 0. The van der Waals surface area contributed by atoms with Crippen molar-refractivity contribution in [3.8, 4) is 0 Å². The number of nitrogens with zero attached hydrogens (tertiary/aromatic N) is 1. The molecule has 2 unspecified atom stereocenters. The molecule has 106 valence electrons. The lowest BCUT2D eigenvalue weighted by Gasteiger charge is -2.38. The van der Waals surface area contributed by atoms with E-state index in [1.165, 1.54) is 5.56 Å². The minimum Gasteiger partial charge on any atom is -0.395 e. The number of piperidine rings is 1. The van der Waals surface area contributed by atoms with Gasteiger partial charge in [-0.05, 0) is 17.9 Å². The Balaban J connectivity index is 2.01. The standard InChI is InChI=1S/C15H24N2O2/c18-8-6-16-15-10-14(11-17(12-15)7-9-19)13-4-2-1-3-5-13/h1-5,14-16,18-19H,6-12H2. The summed E-state index contributed by atoms with van der Waals surface area (Å²) in [5.74, 6) is 0.498. The van der Waals surface area contributed by atoms with Gasteiger partial charge in [-0.2, -0.15) is 0 Å². The monoisotopic (exact) mass is 264 g/mol. The normalized spacial score (nSPS) is 24.5. The number of β-amino-alcohol motifs (C(OH)–C–C–N with tert-alkyl or cyclic N) is 1. The fourth-order valence-electron chi connectivity index (χ4n) is 2.90. The second-order valence-electron chi connectivity index (χ2n) is 5.20. The summed E-state index contributed by atoms with van der Waals surface area (Å²) in [6.07, 6.45) is 1.09. The van der Waals surface area contributed by atoms with E-state index in [-0.39, 0.29) is 13.2 Å². The maximum absolute atomic E-state index is 9.14. The van der Waals surface area contributed by atoms with E-state index in [1.807, 2.05) is 6.07 Å². The van der Waals surface area contributed by atoms with Crippen LogP contribution in [0.4, 0.5) is 0 Å². The minimum absolute atomic E-state index is 0.173. The van der Waals surface area contributed by atoms with Crippen molar-refractivity contribution in [3.63, 3.8) is 0 Å². The molecule has 0 aromatic heterocycles. The van der Waals surface area contributed by atoms with E-state index in [0.29, 0.717) is 18.5 Å². The van der Waals surface area contributed by atoms with Crippen LogP contribution < -0.4 is 5.32 Å². The zero-order valence-corrected chi connectivity index (χ0v) is 11.3. The predicted octanol–water partition coefficient (Wildman–Crippen LogP) is 0.419. The van der Waals surface area contributed by atoms with Crippen LogP contribution in [0.25, 0.3) is 0 Å². The highest BCUT2D eigenvalue weighted by Crippen LogP contribution is 2.26. The average Bonchev–Trinajstić information content (AvgIpc) is 2.46. The lowest BCUT2D eigenvalue weighted by molar-refractivity contribution is 0.135. The van der Waals surface area contributed by atoms with Crippen LogP contribution in [-0.4, -0.2) is 60.5 Å². The molecule has 1 saturated heterocycles. The Hall–Kier alpha value is -0.940. The summed E-state index contributed by atoms with van der Waals surface area (Å²) in [6, 6.07) is 10.9. The highest BCUT2D eigenvalue weighted by Gasteiger charge is 2.27. The van der Waals surface area contributed by atoms with Crippen LogP contribution >= 0.6 is 0 Å². The molecule has 2 atom stereocenters. The van der Waals surface area contributed by atoms with Crippen molar-refractivity contribution >= 4 is 0 Å². The van der Waals surface area contributed by atoms with Crippen molar-refractivity contribution in [2.45, 2.75) is 18.4 Å². The van der Waals surface area contributed by atoms with Gasteiger partial charge in [-0.1, -0.05) is 30.3 Å². The van der Waals surface area contributed by atoms with E-state index in [4.69, 9.17) is 10.2 Å². The summed E-state index contributed by atoms with van der Waals surface area (Å²) < 4.78 is 0. The van der Waals surface area contributed by atoms with E-state index in [1.54, 1.807) is 0 Å². The average molecular weight is 264 g/mol. The van der Waals surface area contributed by atoms with Crippen molar-refractivity contribution in [2.75, 3.05) is 39.4 Å². The fraction of sp³-hybridized carbons (Fsp3) is 0.600. The molecule has 1 aliphatic heterocycles. The summed E-state index contributed by atoms with van der Waals surface area (Å²) in [4.78, 5) is 2.30. The van der Waals surface area contributed by atoms with Crippen LogP contribution in [0, 0.1) is 0 Å². The summed E-state index contributed by atoms with van der Waals surface area (Å²) in [7, 11) is 0. The van der Waals surface area contributed by atoms with Crippen LogP contribution in [0.3, 0.4) is 0 Å². The molecule has 0 bridgehead atoms. The van der Waals surface area contributed by atoms with Gasteiger partial charge in [-0.25, -0.2) is 0 Å². The summed E-state index contributed by atoms with van der Waals surface area (Å²) in [5.41, 5.74) is 1.36. The Morgan fingerprint density at radius 2 is 1.89 bits per heavy atom. The van der Waals surface area contributed by atoms with E-state index in [2.05, 4.69) is 34.5 Å². The molecular weight excluding hydrogens is 240 g/mol. The molecule has 3 N–H and O–H groups in total. The molecule has 1 aromatic carbocycles. The Morgan fingerprint density at radius 3 is 2.58 bits per heavy atom. The van der Waals surface area contributed by atoms with Gasteiger partial charge in [0, 0.05) is 32.2 Å². The second kappa shape index (κ2) is 7.60. The van der Waals surface area contributed by atoms with Crippen LogP contribution in [0.15, 0.2) is 30.3 Å². The third kappa shape index (κ3) is 4.28. The van der Waals surface area contributed by atoms with Gasteiger partial charge in [-0.3, -0.25) is 4.90 Å². The summed E-state index contributed by atoms with van der Waals surface area (Å²) in [5, 5.41) is 21.5. The highest BCUT2D eigenvalue weighted by atomic mass is 16.3. The summed E-state index contributed by atoms with van der Waals surface area (Å²) in [6.45, 7) is 3.69. The van der Waals surface area contributed by atoms with Crippen molar-refractivity contribution in [1.82, 2.24) is 10.2 Å². The van der Waals surface area contributed by atoms with Crippen molar-refractivity contribution < 1.29 is 10.2 Å². The zero-order chi connectivity index (χ0) is 13.5. The first kappa shape index (κ1) is 14.5. The van der Waals surface area contributed by atoms with Gasteiger partial charge < -0.3 is 15.5 Å². The van der Waals surface area contributed by atoms with Crippen molar-refractivity contribution in [1.29, 1.82) is 0 Å². The lowest BCUT2D eigenvalue weighted by atomic mass is 9.88. The van der Waals surface area contributed by atoms with Crippen molar-refractivity contribution in [3.05, 3.63) is 35.9 Å². The van der Waals surface area contributed by atoms with Gasteiger partial charge in [0.25, 0.3) is 0 Å². The maximum Gasteiger partial charge on any atom is 0.0558 e. The van der Waals surface area contributed by atoms with Gasteiger partial charge >= 0.3 is 0 Å². The fourth-order valence-corrected chi connectivity index (χ4v) is 2.90. The Bertz CT molecular complexity index is 358. The Kier molecular flexibility index (Phi) is 5.79. The van der Waals surface area contributed by atoms with Crippen molar-refractivity contribution in [2.24, 2.45) is 0 Å². The SMILES string of the molecule is OCCNC1CC(c2ccccc2)CN(CCO)C1. The first-order valence-electron chi connectivity index (χ1n) is 7.06. The van der Waals surface area contributed by atoms with E-state index < -0.39 is 0 Å². The second-order valence-corrected chi connectivity index (χ2v) is 5.20. The number of hydrogen-bond donors (Lipinski definition) is 3. The van der Waals surface area contributed by atoms with E-state index >= 15 is 0 Å². The minimum atomic E-state index is 0.173. The quantitative estimate of drug-likeness (QED) is 0.697. The third-order valence-electron chi connectivity index (χ3n) is 3.76. The molecule has 19 heavy (non-hydrogen) atoms. The van der Waals surface area contributed by atoms with Gasteiger partial charge in [0.05, 0.1) is 13.2 Å². The molecule has 1 heterocycles. The molecule has 0 spiro atoms. The number of aliphatic hydroxyl groups is 2. The van der Waals surface area contributed by atoms with E-state index in [9.17, 15) is 0 Å². The molecule has 0 radical (unpaired) electrons.